The predicted octanol–water partition coefficient (Wildman–Crippen LogP) is 16.8. The number of hydrogen-bond acceptors (Lipinski definition) is 1. The minimum Gasteiger partial charge on any atom is -0.309 e. The Morgan fingerprint density at radius 2 is 0.693 bits per heavy atom. The van der Waals surface area contributed by atoms with Gasteiger partial charge in [-0.05, 0) is 130 Å². The molecule has 0 spiro atoms. The minimum atomic E-state index is -2.94. The second-order valence-electron chi connectivity index (χ2n) is 19.9. The molecular formula is C72H47NSSi. The van der Waals surface area contributed by atoms with Crippen LogP contribution in [0.3, 0.4) is 0 Å². The van der Waals surface area contributed by atoms with Crippen LogP contribution in [0.1, 0.15) is 0 Å². The summed E-state index contributed by atoms with van der Waals surface area (Å²) in [6.07, 6.45) is 0. The van der Waals surface area contributed by atoms with Crippen molar-refractivity contribution in [3.05, 3.63) is 285 Å². The lowest BCUT2D eigenvalue weighted by Gasteiger charge is -2.32. The molecular weight excluding hydrogens is 939 g/mol. The summed E-state index contributed by atoms with van der Waals surface area (Å²) in [5, 5.41) is 10.7. The second kappa shape index (κ2) is 17.5. The number of rotatable bonds is 8. The Labute approximate surface area is 441 Å². The van der Waals surface area contributed by atoms with Gasteiger partial charge < -0.3 is 4.57 Å². The van der Waals surface area contributed by atoms with E-state index in [0.29, 0.717) is 0 Å². The van der Waals surface area contributed by atoms with Crippen molar-refractivity contribution in [2.45, 2.75) is 0 Å². The smallest absolute Gasteiger partial charge is 0.180 e. The van der Waals surface area contributed by atoms with E-state index in [4.69, 9.17) is 0 Å². The predicted molar refractivity (Wildman–Crippen MR) is 323 cm³/mol. The van der Waals surface area contributed by atoms with Gasteiger partial charge in [0.05, 0.1) is 11.0 Å². The van der Waals surface area contributed by atoms with Gasteiger partial charge in [0.2, 0.25) is 0 Å². The van der Waals surface area contributed by atoms with Gasteiger partial charge in [-0.15, -0.1) is 11.3 Å². The molecule has 3 heterocycles. The van der Waals surface area contributed by atoms with Gasteiger partial charge in [-0.25, -0.2) is 0 Å². The molecule has 0 amide bonds. The fourth-order valence-electron chi connectivity index (χ4n) is 12.4. The van der Waals surface area contributed by atoms with Crippen molar-refractivity contribution in [2.75, 3.05) is 0 Å². The van der Waals surface area contributed by atoms with Crippen LogP contribution >= 0.6 is 11.3 Å². The molecule has 0 unspecified atom stereocenters. The molecule has 0 N–H and O–H groups in total. The fourth-order valence-corrected chi connectivity index (χ4v) is 18.9. The van der Waals surface area contributed by atoms with Crippen molar-refractivity contribution < 1.29 is 0 Å². The van der Waals surface area contributed by atoms with Crippen LogP contribution < -0.4 is 20.7 Å². The van der Waals surface area contributed by atoms with Gasteiger partial charge in [0.25, 0.3) is 0 Å². The van der Waals surface area contributed by atoms with Crippen molar-refractivity contribution in [1.29, 1.82) is 0 Å². The molecule has 0 saturated heterocycles. The number of hydrogen-bond donors (Lipinski definition) is 0. The van der Waals surface area contributed by atoms with Gasteiger partial charge in [0.1, 0.15) is 0 Å². The van der Waals surface area contributed by atoms with E-state index in [1.165, 1.54) is 135 Å². The van der Waals surface area contributed by atoms with Crippen molar-refractivity contribution in [2.24, 2.45) is 0 Å². The Bertz CT molecular complexity index is 4300. The monoisotopic (exact) mass is 985 g/mol. The topological polar surface area (TPSA) is 4.93 Å². The van der Waals surface area contributed by atoms with Crippen LogP contribution in [0.2, 0.25) is 0 Å². The van der Waals surface area contributed by atoms with Crippen LogP contribution in [-0.2, 0) is 0 Å². The third-order valence-corrected chi connectivity index (χ3v) is 22.0. The molecule has 14 aromatic rings. The molecule has 15 rings (SSSR count). The lowest BCUT2D eigenvalue weighted by atomic mass is 9.97. The van der Waals surface area contributed by atoms with E-state index in [-0.39, 0.29) is 0 Å². The highest BCUT2D eigenvalue weighted by molar-refractivity contribution is 7.26. The van der Waals surface area contributed by atoms with Crippen molar-refractivity contribution in [3.63, 3.8) is 0 Å². The quantitative estimate of drug-likeness (QED) is 0.134. The SMILES string of the molecule is c1ccc(-c2ccc(-c3ccc4c(c3)c3cc(-c5ccc(-c6ccccc6)cc5)ccc3n4-c3ccc4c(c3)[Si](c3ccccc3)(c3ccccc3)c3cc(-c5cccc6c5sc5ccccc56)ccc3-4)cc2)cc1. The maximum absolute atomic E-state index is 2.94. The van der Waals surface area contributed by atoms with Crippen molar-refractivity contribution in [3.8, 4) is 72.4 Å². The number of thiophene rings is 1. The summed E-state index contributed by atoms with van der Waals surface area (Å²) in [6, 6.07) is 107. The number of fused-ring (bicyclic) bond motifs is 9. The van der Waals surface area contributed by atoms with E-state index in [9.17, 15) is 0 Å². The van der Waals surface area contributed by atoms with Gasteiger partial charge >= 0.3 is 0 Å². The first kappa shape index (κ1) is 43.5. The molecule has 1 nitrogen and oxygen atoms in total. The van der Waals surface area contributed by atoms with E-state index in [1.807, 2.05) is 11.3 Å². The Hall–Kier alpha value is -9.12. The lowest BCUT2D eigenvalue weighted by Crippen LogP contribution is -2.72. The van der Waals surface area contributed by atoms with E-state index < -0.39 is 8.07 Å². The first-order valence-corrected chi connectivity index (χ1v) is 28.7. The minimum absolute atomic E-state index is 1.17. The Balaban J connectivity index is 0.936. The third-order valence-electron chi connectivity index (χ3n) is 15.9. The van der Waals surface area contributed by atoms with Gasteiger partial charge in [0.15, 0.2) is 8.07 Å². The maximum atomic E-state index is 2.57. The molecule has 3 heteroatoms. The van der Waals surface area contributed by atoms with Crippen molar-refractivity contribution >= 4 is 82.1 Å². The lowest BCUT2D eigenvalue weighted by molar-refractivity contribution is 1.18. The number of benzene rings is 12. The molecule has 0 fully saturated rings. The van der Waals surface area contributed by atoms with Crippen LogP contribution in [0.25, 0.3) is 114 Å². The fraction of sp³-hybridized carbons (Fsp3) is 0. The van der Waals surface area contributed by atoms with E-state index >= 15 is 0 Å². The summed E-state index contributed by atoms with van der Waals surface area (Å²) in [4.78, 5) is 0. The second-order valence-corrected chi connectivity index (χ2v) is 24.7. The molecule has 0 aliphatic carbocycles. The highest BCUT2D eigenvalue weighted by Gasteiger charge is 2.49. The first-order chi connectivity index (χ1) is 37.2. The zero-order valence-corrected chi connectivity index (χ0v) is 42.8. The van der Waals surface area contributed by atoms with E-state index in [0.717, 1.165) is 0 Å². The molecule has 350 valence electrons. The molecule has 0 bridgehead atoms. The van der Waals surface area contributed by atoms with Crippen LogP contribution in [0.4, 0.5) is 0 Å². The first-order valence-electron chi connectivity index (χ1n) is 25.9. The number of aromatic nitrogens is 1. The van der Waals surface area contributed by atoms with E-state index in [2.05, 4.69) is 290 Å². The molecule has 0 radical (unpaired) electrons. The highest BCUT2D eigenvalue weighted by atomic mass is 32.1. The number of nitrogens with zero attached hydrogens (tertiary/aromatic N) is 1. The van der Waals surface area contributed by atoms with E-state index in [1.54, 1.807) is 0 Å². The van der Waals surface area contributed by atoms with Crippen LogP contribution in [0, 0.1) is 0 Å². The van der Waals surface area contributed by atoms with Gasteiger partial charge in [-0.2, -0.15) is 0 Å². The zero-order valence-electron chi connectivity index (χ0n) is 41.0. The summed E-state index contributed by atoms with van der Waals surface area (Å²) < 4.78 is 5.20. The molecule has 75 heavy (non-hydrogen) atoms. The maximum Gasteiger partial charge on any atom is 0.180 e. The van der Waals surface area contributed by atoms with Gasteiger partial charge in [-0.3, -0.25) is 0 Å². The molecule has 1 aliphatic rings. The highest BCUT2D eigenvalue weighted by Crippen LogP contribution is 2.43. The Morgan fingerprint density at radius 3 is 1.25 bits per heavy atom. The van der Waals surface area contributed by atoms with Crippen LogP contribution in [0.15, 0.2) is 285 Å². The van der Waals surface area contributed by atoms with Crippen molar-refractivity contribution in [1.82, 2.24) is 4.57 Å². The summed E-state index contributed by atoms with van der Waals surface area (Å²) in [6.45, 7) is 0. The zero-order chi connectivity index (χ0) is 49.5. The molecule has 0 saturated carbocycles. The largest absolute Gasteiger partial charge is 0.309 e. The molecule has 2 aromatic heterocycles. The Kier molecular flexibility index (Phi) is 10.2. The summed E-state index contributed by atoms with van der Waals surface area (Å²) in [7, 11) is -2.94. The summed E-state index contributed by atoms with van der Waals surface area (Å²) in [5.41, 5.74) is 18.4. The van der Waals surface area contributed by atoms with Gasteiger partial charge in [0, 0.05) is 36.6 Å². The normalized spacial score (nSPS) is 12.6. The van der Waals surface area contributed by atoms with Crippen LogP contribution in [0.5, 0.6) is 0 Å². The third kappa shape index (κ3) is 6.97. The Morgan fingerprint density at radius 1 is 0.267 bits per heavy atom. The summed E-state index contributed by atoms with van der Waals surface area (Å²) >= 11 is 1.91. The standard InChI is InChI=1S/C72H47NSSi/c1-5-16-48(17-6-1)50-28-32-52(33-29-50)54-37-42-67-65(44-54)66-45-55(53-34-30-51(31-35-53)49-18-7-2-8-19-49)38-43-68(66)73(67)57-39-41-63-62-40-36-56(60-25-15-26-64-61-24-13-14-27-69(61)74-72(60)64)46-70(62)75(71(63)47-57,58-20-9-3-10-21-58)59-22-11-4-12-23-59/h1-47H. The average Bonchev–Trinajstić information content (AvgIpc) is 4.18. The molecule has 1 aliphatic heterocycles. The molecule has 0 atom stereocenters. The van der Waals surface area contributed by atoms with Gasteiger partial charge in [-0.1, -0.05) is 243 Å². The van der Waals surface area contributed by atoms with Crippen LogP contribution in [-0.4, -0.2) is 12.6 Å². The summed E-state index contributed by atoms with van der Waals surface area (Å²) in [5.74, 6) is 0. The molecule has 12 aromatic carbocycles. The average molecular weight is 986 g/mol.